The van der Waals surface area contributed by atoms with Gasteiger partial charge in [-0.2, -0.15) is 10.2 Å². The van der Waals surface area contributed by atoms with Crippen LogP contribution < -0.4 is 14.8 Å². The Morgan fingerprint density at radius 2 is 1.91 bits per heavy atom. The molecule has 0 aliphatic carbocycles. The third-order valence-electron chi connectivity index (χ3n) is 5.84. The molecule has 4 heterocycles. The number of aromatic nitrogens is 5. The molecule has 0 saturated carbocycles. The predicted octanol–water partition coefficient (Wildman–Crippen LogP) is 5.16. The minimum absolute atomic E-state index is 0.0915. The van der Waals surface area contributed by atoms with E-state index in [1.54, 1.807) is 11.3 Å². The standard InChI is InChI=1S/C26H24N6O2S/c1-17-25(21-11-12-32(31-21)15-20-16-33-22-9-5-6-10-23(22)34-20)35-26(29-17)27-13-19-14-28-30-24(19)18-7-3-2-4-8-18/h2-12,14,20H,13,15-16H2,1H3,(H,27,29)(H,28,30)/t20-/m1/s1. The van der Waals surface area contributed by atoms with Crippen molar-refractivity contribution in [3.8, 4) is 33.3 Å². The first-order chi connectivity index (χ1) is 17.2. The Bertz CT molecular complexity index is 1440. The highest BCUT2D eigenvalue weighted by Crippen LogP contribution is 2.33. The van der Waals surface area contributed by atoms with Crippen LogP contribution in [0, 0.1) is 6.92 Å². The van der Waals surface area contributed by atoms with Crippen LogP contribution in [0.3, 0.4) is 0 Å². The Kier molecular flexibility index (Phi) is 5.67. The summed E-state index contributed by atoms with van der Waals surface area (Å²) in [5.74, 6) is 1.56. The van der Waals surface area contributed by atoms with Gasteiger partial charge in [-0.3, -0.25) is 9.78 Å². The normalized spacial score (nSPS) is 14.7. The van der Waals surface area contributed by atoms with Crippen LogP contribution in [0.1, 0.15) is 11.3 Å². The number of hydrogen-bond acceptors (Lipinski definition) is 7. The largest absolute Gasteiger partial charge is 0.486 e. The number of aromatic amines is 1. The van der Waals surface area contributed by atoms with E-state index in [4.69, 9.17) is 19.6 Å². The van der Waals surface area contributed by atoms with Gasteiger partial charge in [0.2, 0.25) is 0 Å². The number of rotatable bonds is 7. The van der Waals surface area contributed by atoms with Crippen molar-refractivity contribution >= 4 is 16.5 Å². The fourth-order valence-electron chi connectivity index (χ4n) is 4.13. The summed E-state index contributed by atoms with van der Waals surface area (Å²) in [5.41, 5.74) is 5.06. The topological polar surface area (TPSA) is 89.9 Å². The average molecular weight is 485 g/mol. The Hall–Kier alpha value is -4.11. The number of benzene rings is 2. The molecule has 0 amide bonds. The second-order valence-electron chi connectivity index (χ2n) is 8.34. The molecule has 1 aliphatic heterocycles. The maximum absolute atomic E-state index is 6.07. The second kappa shape index (κ2) is 9.27. The van der Waals surface area contributed by atoms with Gasteiger partial charge in [0.05, 0.1) is 29.0 Å². The summed E-state index contributed by atoms with van der Waals surface area (Å²) in [7, 11) is 0. The molecule has 0 radical (unpaired) electrons. The third-order valence-corrected chi connectivity index (χ3v) is 6.98. The lowest BCUT2D eigenvalue weighted by molar-refractivity contribution is 0.0759. The summed E-state index contributed by atoms with van der Waals surface area (Å²) in [5, 5.41) is 16.4. The molecule has 0 unspecified atom stereocenters. The summed E-state index contributed by atoms with van der Waals surface area (Å²) in [6.45, 7) is 3.75. The smallest absolute Gasteiger partial charge is 0.183 e. The van der Waals surface area contributed by atoms with E-state index in [9.17, 15) is 0 Å². The lowest BCUT2D eigenvalue weighted by Gasteiger charge is -2.26. The molecule has 0 bridgehead atoms. The van der Waals surface area contributed by atoms with Gasteiger partial charge in [0, 0.05) is 18.3 Å². The second-order valence-corrected chi connectivity index (χ2v) is 9.34. The Morgan fingerprint density at radius 3 is 2.80 bits per heavy atom. The summed E-state index contributed by atoms with van der Waals surface area (Å²) >= 11 is 1.60. The van der Waals surface area contributed by atoms with Crippen LogP contribution in [0.15, 0.2) is 73.1 Å². The number of para-hydroxylation sites is 2. The first-order valence-corrected chi connectivity index (χ1v) is 12.3. The van der Waals surface area contributed by atoms with Crippen molar-refractivity contribution in [1.82, 2.24) is 25.0 Å². The van der Waals surface area contributed by atoms with Gasteiger partial charge in [-0.05, 0) is 30.7 Å². The lowest BCUT2D eigenvalue weighted by atomic mass is 10.1. The van der Waals surface area contributed by atoms with Gasteiger partial charge in [0.15, 0.2) is 22.7 Å². The molecule has 6 rings (SSSR count). The number of nitrogens with zero attached hydrogens (tertiary/aromatic N) is 4. The maximum Gasteiger partial charge on any atom is 0.183 e. The minimum atomic E-state index is -0.0915. The van der Waals surface area contributed by atoms with Crippen LogP contribution in [-0.2, 0) is 13.1 Å². The van der Waals surface area contributed by atoms with Crippen molar-refractivity contribution in [1.29, 1.82) is 0 Å². The summed E-state index contributed by atoms with van der Waals surface area (Å²) in [4.78, 5) is 5.77. The molecule has 0 spiro atoms. The van der Waals surface area contributed by atoms with E-state index < -0.39 is 0 Å². The molecule has 1 aliphatic rings. The highest BCUT2D eigenvalue weighted by Gasteiger charge is 2.22. The maximum atomic E-state index is 6.07. The van der Waals surface area contributed by atoms with Gasteiger partial charge in [0.25, 0.3) is 0 Å². The number of H-pyrrole nitrogens is 1. The van der Waals surface area contributed by atoms with Crippen LogP contribution in [0.25, 0.3) is 21.8 Å². The summed E-state index contributed by atoms with van der Waals surface area (Å²) in [6, 6.07) is 20.0. The SMILES string of the molecule is Cc1nc(NCc2cn[nH]c2-c2ccccc2)sc1-c1ccn(C[C@@H]2COc3ccccc3O2)n1. The van der Waals surface area contributed by atoms with E-state index in [0.717, 1.165) is 49.7 Å². The van der Waals surface area contributed by atoms with Crippen molar-refractivity contribution in [2.75, 3.05) is 11.9 Å². The van der Waals surface area contributed by atoms with Crippen LogP contribution in [0.2, 0.25) is 0 Å². The fraction of sp³-hybridized carbons (Fsp3) is 0.192. The van der Waals surface area contributed by atoms with Gasteiger partial charge in [-0.1, -0.05) is 53.8 Å². The van der Waals surface area contributed by atoms with E-state index in [-0.39, 0.29) is 6.10 Å². The molecule has 1 atom stereocenters. The molecule has 2 N–H and O–H groups in total. The predicted molar refractivity (Wildman–Crippen MR) is 136 cm³/mol. The number of aryl methyl sites for hydroxylation is 1. The van der Waals surface area contributed by atoms with Crippen LogP contribution in [-0.4, -0.2) is 37.7 Å². The molecule has 3 aromatic heterocycles. The molecule has 0 saturated heterocycles. The van der Waals surface area contributed by atoms with Gasteiger partial charge in [-0.15, -0.1) is 0 Å². The molecule has 176 valence electrons. The number of nitrogens with one attached hydrogen (secondary N) is 2. The highest BCUT2D eigenvalue weighted by molar-refractivity contribution is 7.19. The lowest BCUT2D eigenvalue weighted by Crippen LogP contribution is -2.33. The fourth-order valence-corrected chi connectivity index (χ4v) is 5.05. The van der Waals surface area contributed by atoms with Gasteiger partial charge < -0.3 is 14.8 Å². The van der Waals surface area contributed by atoms with E-state index in [1.807, 2.05) is 72.5 Å². The van der Waals surface area contributed by atoms with Crippen molar-refractivity contribution in [2.24, 2.45) is 0 Å². The Labute approximate surface area is 206 Å². The molecule has 5 aromatic rings. The first kappa shape index (κ1) is 21.4. The number of ether oxygens (including phenoxy) is 2. The van der Waals surface area contributed by atoms with Gasteiger partial charge >= 0.3 is 0 Å². The van der Waals surface area contributed by atoms with Crippen molar-refractivity contribution in [3.63, 3.8) is 0 Å². The number of fused-ring (bicyclic) bond motifs is 1. The Balaban J connectivity index is 1.12. The minimum Gasteiger partial charge on any atom is -0.486 e. The number of thiazole rings is 1. The van der Waals surface area contributed by atoms with Crippen molar-refractivity contribution in [2.45, 2.75) is 26.1 Å². The average Bonchev–Trinajstić information content (AvgIpc) is 3.63. The summed E-state index contributed by atoms with van der Waals surface area (Å²) < 4.78 is 13.8. The zero-order chi connectivity index (χ0) is 23.6. The van der Waals surface area contributed by atoms with Crippen LogP contribution >= 0.6 is 11.3 Å². The molecule has 0 fully saturated rings. The molecule has 8 nitrogen and oxygen atoms in total. The molecule has 9 heteroatoms. The van der Waals surface area contributed by atoms with Crippen LogP contribution in [0.5, 0.6) is 11.5 Å². The van der Waals surface area contributed by atoms with E-state index >= 15 is 0 Å². The number of anilines is 1. The quantitative estimate of drug-likeness (QED) is 0.332. The Morgan fingerprint density at radius 1 is 1.09 bits per heavy atom. The van der Waals surface area contributed by atoms with Gasteiger partial charge in [0.1, 0.15) is 12.3 Å². The van der Waals surface area contributed by atoms with E-state index in [1.165, 1.54) is 0 Å². The van der Waals surface area contributed by atoms with E-state index in [2.05, 4.69) is 27.6 Å². The monoisotopic (exact) mass is 484 g/mol. The van der Waals surface area contributed by atoms with Crippen molar-refractivity contribution < 1.29 is 9.47 Å². The number of hydrogen-bond donors (Lipinski definition) is 2. The van der Waals surface area contributed by atoms with Crippen molar-refractivity contribution in [3.05, 3.63) is 84.3 Å². The first-order valence-electron chi connectivity index (χ1n) is 11.4. The zero-order valence-corrected chi connectivity index (χ0v) is 20.0. The third kappa shape index (κ3) is 4.50. The molecular formula is C26H24N6O2S. The van der Waals surface area contributed by atoms with E-state index in [0.29, 0.717) is 19.7 Å². The van der Waals surface area contributed by atoms with Gasteiger partial charge in [-0.25, -0.2) is 4.98 Å². The molecular weight excluding hydrogens is 460 g/mol. The zero-order valence-electron chi connectivity index (χ0n) is 19.1. The molecule has 2 aromatic carbocycles. The van der Waals surface area contributed by atoms with Crippen LogP contribution in [0.4, 0.5) is 5.13 Å². The highest BCUT2D eigenvalue weighted by atomic mass is 32.1. The summed E-state index contributed by atoms with van der Waals surface area (Å²) in [6.07, 6.45) is 3.74. The molecule has 35 heavy (non-hydrogen) atoms.